The molecule has 1 aliphatic heterocycles. The second-order valence-electron chi connectivity index (χ2n) is 4.42. The molecule has 3 nitrogen and oxygen atoms in total. The first-order valence-electron chi connectivity index (χ1n) is 5.86. The highest BCUT2D eigenvalue weighted by Crippen LogP contribution is 2.24. The molecule has 0 bridgehead atoms. The van der Waals surface area contributed by atoms with Gasteiger partial charge in [0.2, 0.25) is 0 Å². The number of ether oxygens (including phenoxy) is 1. The molecule has 0 amide bonds. The third-order valence-electron chi connectivity index (χ3n) is 3.39. The Morgan fingerprint density at radius 3 is 2.94 bits per heavy atom. The molecule has 1 aromatic carbocycles. The number of benzene rings is 1. The Hall–Kier alpha value is -1.06. The van der Waals surface area contributed by atoms with Crippen LogP contribution >= 0.6 is 0 Å². The van der Waals surface area contributed by atoms with Gasteiger partial charge in [-0.25, -0.2) is 0 Å². The second-order valence-corrected chi connectivity index (χ2v) is 4.42. The highest BCUT2D eigenvalue weighted by atomic mass is 16.5. The predicted molar refractivity (Wildman–Crippen MR) is 66.6 cm³/mol. The molecular weight excluding hydrogens is 200 g/mol. The first-order chi connectivity index (χ1) is 7.72. The van der Waals surface area contributed by atoms with Crippen LogP contribution in [0.1, 0.15) is 18.9 Å². The Balaban J connectivity index is 2.16. The molecule has 88 valence electrons. The Labute approximate surface area is 97.2 Å². The van der Waals surface area contributed by atoms with E-state index in [1.807, 2.05) is 0 Å². The molecule has 0 spiro atoms. The van der Waals surface area contributed by atoms with Gasteiger partial charge in [0.1, 0.15) is 0 Å². The van der Waals surface area contributed by atoms with E-state index in [4.69, 9.17) is 10.5 Å². The fourth-order valence-electron chi connectivity index (χ4n) is 2.32. The average molecular weight is 220 g/mol. The van der Waals surface area contributed by atoms with Crippen LogP contribution in [0.25, 0.3) is 0 Å². The molecule has 1 heterocycles. The normalized spacial score (nSPS) is 24.7. The fourth-order valence-corrected chi connectivity index (χ4v) is 2.32. The largest absolute Gasteiger partial charge is 0.376 e. The van der Waals surface area contributed by atoms with Gasteiger partial charge in [-0.1, -0.05) is 12.1 Å². The minimum atomic E-state index is 0.312. The molecule has 2 atom stereocenters. The van der Waals surface area contributed by atoms with Crippen LogP contribution in [-0.2, 0) is 11.3 Å². The van der Waals surface area contributed by atoms with Crippen LogP contribution in [0.4, 0.5) is 5.69 Å². The average Bonchev–Trinajstić information content (AvgIpc) is 2.74. The van der Waals surface area contributed by atoms with Crippen LogP contribution < -0.4 is 10.6 Å². The molecule has 0 aliphatic carbocycles. The molecule has 16 heavy (non-hydrogen) atoms. The van der Waals surface area contributed by atoms with Gasteiger partial charge in [-0.2, -0.15) is 0 Å². The first kappa shape index (κ1) is 11.4. The lowest BCUT2D eigenvalue weighted by atomic mass is 10.1. The maximum atomic E-state index is 5.66. The predicted octanol–water partition coefficient (Wildman–Crippen LogP) is 1.76. The number of nitrogens with two attached hydrogens (primary N) is 1. The first-order valence-corrected chi connectivity index (χ1v) is 5.86. The van der Waals surface area contributed by atoms with Crippen molar-refractivity contribution in [3.05, 3.63) is 29.8 Å². The minimum absolute atomic E-state index is 0.312. The highest BCUT2D eigenvalue weighted by Gasteiger charge is 2.27. The summed E-state index contributed by atoms with van der Waals surface area (Å²) in [7, 11) is 2.13. The second kappa shape index (κ2) is 4.85. The topological polar surface area (TPSA) is 38.5 Å². The lowest BCUT2D eigenvalue weighted by Gasteiger charge is -2.29. The van der Waals surface area contributed by atoms with E-state index < -0.39 is 0 Å². The molecule has 1 aliphatic rings. The standard InChI is InChI=1S/C13H20N2O/c1-10-13(6-7-16-10)15(2)12-5-3-4-11(8-12)9-14/h3-5,8,10,13H,6-7,9,14H2,1-2H3. The summed E-state index contributed by atoms with van der Waals surface area (Å²) in [5.74, 6) is 0. The van der Waals surface area contributed by atoms with Gasteiger partial charge in [0.05, 0.1) is 12.1 Å². The highest BCUT2D eigenvalue weighted by molar-refractivity contribution is 5.49. The van der Waals surface area contributed by atoms with Crippen molar-refractivity contribution in [2.75, 3.05) is 18.6 Å². The Bertz CT molecular complexity index is 354. The number of anilines is 1. The van der Waals surface area contributed by atoms with Crippen LogP contribution in [0.5, 0.6) is 0 Å². The summed E-state index contributed by atoms with van der Waals surface area (Å²) in [4.78, 5) is 2.30. The summed E-state index contributed by atoms with van der Waals surface area (Å²) in [6.45, 7) is 3.60. The van der Waals surface area contributed by atoms with Gasteiger partial charge in [-0.05, 0) is 31.0 Å². The fraction of sp³-hybridized carbons (Fsp3) is 0.538. The van der Waals surface area contributed by atoms with Crippen molar-refractivity contribution in [3.63, 3.8) is 0 Å². The van der Waals surface area contributed by atoms with E-state index in [2.05, 4.69) is 43.1 Å². The summed E-state index contributed by atoms with van der Waals surface area (Å²) in [6.07, 6.45) is 1.41. The van der Waals surface area contributed by atoms with Gasteiger partial charge < -0.3 is 15.4 Å². The summed E-state index contributed by atoms with van der Waals surface area (Å²) in [5, 5.41) is 0. The number of rotatable bonds is 3. The third-order valence-corrected chi connectivity index (χ3v) is 3.39. The molecule has 2 unspecified atom stereocenters. The number of likely N-dealkylation sites (N-methyl/N-ethyl adjacent to an activating group) is 1. The molecule has 0 aromatic heterocycles. The van der Waals surface area contributed by atoms with Crippen LogP contribution in [0.2, 0.25) is 0 Å². The molecule has 2 N–H and O–H groups in total. The van der Waals surface area contributed by atoms with Crippen molar-refractivity contribution in [2.45, 2.75) is 32.0 Å². The third kappa shape index (κ3) is 2.20. The monoisotopic (exact) mass is 220 g/mol. The quantitative estimate of drug-likeness (QED) is 0.843. The smallest absolute Gasteiger partial charge is 0.0750 e. The SMILES string of the molecule is CC1OCCC1N(C)c1cccc(CN)c1. The van der Waals surface area contributed by atoms with Crippen molar-refractivity contribution in [1.29, 1.82) is 0 Å². The number of hydrogen-bond donors (Lipinski definition) is 1. The Morgan fingerprint density at radius 2 is 2.31 bits per heavy atom. The van der Waals surface area contributed by atoms with E-state index >= 15 is 0 Å². The van der Waals surface area contributed by atoms with Crippen LogP contribution in [-0.4, -0.2) is 25.8 Å². The molecular formula is C13H20N2O. The zero-order valence-electron chi connectivity index (χ0n) is 10.0. The van der Waals surface area contributed by atoms with Gasteiger partial charge in [0.25, 0.3) is 0 Å². The summed E-state index contributed by atoms with van der Waals surface area (Å²) in [6, 6.07) is 8.89. The number of nitrogens with zero attached hydrogens (tertiary/aromatic N) is 1. The molecule has 2 rings (SSSR count). The van der Waals surface area contributed by atoms with E-state index in [0.29, 0.717) is 18.7 Å². The lowest BCUT2D eigenvalue weighted by molar-refractivity contribution is 0.118. The van der Waals surface area contributed by atoms with Crippen molar-refractivity contribution in [3.8, 4) is 0 Å². The maximum Gasteiger partial charge on any atom is 0.0750 e. The van der Waals surface area contributed by atoms with E-state index in [-0.39, 0.29) is 0 Å². The van der Waals surface area contributed by atoms with Crippen molar-refractivity contribution < 1.29 is 4.74 Å². The molecule has 1 fully saturated rings. The minimum Gasteiger partial charge on any atom is -0.376 e. The van der Waals surface area contributed by atoms with E-state index in [1.165, 1.54) is 11.3 Å². The van der Waals surface area contributed by atoms with Crippen molar-refractivity contribution in [1.82, 2.24) is 0 Å². The Kier molecular flexibility index (Phi) is 3.46. The van der Waals surface area contributed by atoms with Gasteiger partial charge in [0, 0.05) is 25.9 Å². The van der Waals surface area contributed by atoms with E-state index in [1.54, 1.807) is 0 Å². The van der Waals surface area contributed by atoms with Gasteiger partial charge in [-0.15, -0.1) is 0 Å². The summed E-state index contributed by atoms with van der Waals surface area (Å²) < 4.78 is 5.60. The van der Waals surface area contributed by atoms with Gasteiger partial charge >= 0.3 is 0 Å². The summed E-state index contributed by atoms with van der Waals surface area (Å²) >= 11 is 0. The maximum absolute atomic E-state index is 5.66. The van der Waals surface area contributed by atoms with Gasteiger partial charge in [0.15, 0.2) is 0 Å². The van der Waals surface area contributed by atoms with Crippen LogP contribution in [0, 0.1) is 0 Å². The van der Waals surface area contributed by atoms with Crippen LogP contribution in [0.15, 0.2) is 24.3 Å². The van der Waals surface area contributed by atoms with Gasteiger partial charge in [-0.3, -0.25) is 0 Å². The van der Waals surface area contributed by atoms with E-state index in [9.17, 15) is 0 Å². The molecule has 0 saturated carbocycles. The molecule has 0 radical (unpaired) electrons. The van der Waals surface area contributed by atoms with Crippen molar-refractivity contribution >= 4 is 5.69 Å². The van der Waals surface area contributed by atoms with E-state index in [0.717, 1.165) is 13.0 Å². The Morgan fingerprint density at radius 1 is 1.50 bits per heavy atom. The lowest BCUT2D eigenvalue weighted by Crippen LogP contribution is -2.36. The number of hydrogen-bond acceptors (Lipinski definition) is 3. The molecule has 1 saturated heterocycles. The summed E-state index contributed by atoms with van der Waals surface area (Å²) in [5.41, 5.74) is 8.06. The molecule has 3 heteroatoms. The molecule has 1 aromatic rings. The zero-order valence-corrected chi connectivity index (χ0v) is 10.0. The zero-order chi connectivity index (χ0) is 11.5. The van der Waals surface area contributed by atoms with Crippen molar-refractivity contribution in [2.24, 2.45) is 5.73 Å². The van der Waals surface area contributed by atoms with Crippen LogP contribution in [0.3, 0.4) is 0 Å².